The molecule has 116 valence electrons. The molecule has 0 saturated carbocycles. The van der Waals surface area contributed by atoms with Crippen LogP contribution in [-0.4, -0.2) is 37.9 Å². The molecular formula is C15H21FN2O3. The monoisotopic (exact) mass is 296 g/mol. The molecule has 0 spiro atoms. The third-order valence-electron chi connectivity index (χ3n) is 3.92. The highest BCUT2D eigenvalue weighted by molar-refractivity contribution is 5.96. The average Bonchev–Trinajstić information content (AvgIpc) is 2.47. The number of nitrogens with two attached hydrogens (primary N) is 1. The zero-order valence-corrected chi connectivity index (χ0v) is 12.1. The maximum absolute atomic E-state index is 14.2. The van der Waals surface area contributed by atoms with Crippen molar-refractivity contribution in [3.8, 4) is 0 Å². The summed E-state index contributed by atoms with van der Waals surface area (Å²) in [6.45, 7) is 1.53. The third kappa shape index (κ3) is 3.44. The van der Waals surface area contributed by atoms with E-state index in [1.165, 1.54) is 13.2 Å². The lowest BCUT2D eigenvalue weighted by molar-refractivity contribution is 0.0602. The van der Waals surface area contributed by atoms with Crippen molar-refractivity contribution in [1.29, 1.82) is 0 Å². The van der Waals surface area contributed by atoms with Crippen LogP contribution in [0.5, 0.6) is 0 Å². The predicted molar refractivity (Wildman–Crippen MR) is 78.8 cm³/mol. The highest BCUT2D eigenvalue weighted by Crippen LogP contribution is 2.30. The Morgan fingerprint density at radius 1 is 1.57 bits per heavy atom. The average molecular weight is 296 g/mol. The normalized spacial score (nSPS) is 18.6. The number of carbonyl (C=O) groups excluding carboxylic acids is 1. The predicted octanol–water partition coefficient (Wildman–Crippen LogP) is 1.79. The van der Waals surface area contributed by atoms with Crippen LogP contribution in [0.2, 0.25) is 0 Å². The summed E-state index contributed by atoms with van der Waals surface area (Å²) in [6, 6.07) is 2.62. The summed E-state index contributed by atoms with van der Waals surface area (Å²) in [7, 11) is 1.27. The number of aliphatic hydroxyl groups excluding tert-OH is 1. The van der Waals surface area contributed by atoms with Crippen LogP contribution < -0.4 is 10.6 Å². The number of carbonyl (C=O) groups is 1. The van der Waals surface area contributed by atoms with Gasteiger partial charge < -0.3 is 20.5 Å². The fraction of sp³-hybridized carbons (Fsp3) is 0.533. The minimum atomic E-state index is -0.572. The van der Waals surface area contributed by atoms with Gasteiger partial charge in [-0.2, -0.15) is 0 Å². The van der Waals surface area contributed by atoms with Crippen LogP contribution in [0.1, 0.15) is 29.6 Å². The first-order valence-electron chi connectivity index (χ1n) is 7.10. The summed E-state index contributed by atoms with van der Waals surface area (Å²) in [5, 5.41) is 9.04. The second-order valence-corrected chi connectivity index (χ2v) is 5.35. The number of hydrogen-bond acceptors (Lipinski definition) is 5. The van der Waals surface area contributed by atoms with Crippen molar-refractivity contribution in [3.05, 3.63) is 23.5 Å². The SMILES string of the molecule is COC(=O)c1cc(N2CCCC(CCO)C2)c(F)cc1N. The van der Waals surface area contributed by atoms with Crippen molar-refractivity contribution >= 4 is 17.3 Å². The van der Waals surface area contributed by atoms with E-state index in [-0.39, 0.29) is 17.9 Å². The molecule has 0 radical (unpaired) electrons. The van der Waals surface area contributed by atoms with Crippen molar-refractivity contribution in [2.75, 3.05) is 37.4 Å². The molecule has 0 bridgehead atoms. The van der Waals surface area contributed by atoms with E-state index in [4.69, 9.17) is 10.8 Å². The Morgan fingerprint density at radius 2 is 2.33 bits per heavy atom. The lowest BCUT2D eigenvalue weighted by atomic mass is 9.94. The van der Waals surface area contributed by atoms with E-state index >= 15 is 0 Å². The molecule has 0 aliphatic carbocycles. The standard InChI is InChI=1S/C15H21FN2O3/c1-21-15(20)11-7-14(12(16)8-13(11)17)18-5-2-3-10(9-18)4-6-19/h7-8,10,19H,2-6,9,17H2,1H3. The summed E-state index contributed by atoms with van der Waals surface area (Å²) < 4.78 is 18.8. The second kappa shape index (κ2) is 6.76. The molecule has 1 unspecified atom stereocenters. The topological polar surface area (TPSA) is 75.8 Å². The van der Waals surface area contributed by atoms with Gasteiger partial charge in [0.15, 0.2) is 0 Å². The maximum atomic E-state index is 14.2. The van der Waals surface area contributed by atoms with Gasteiger partial charge in [-0.1, -0.05) is 0 Å². The van der Waals surface area contributed by atoms with Gasteiger partial charge in [0.25, 0.3) is 0 Å². The summed E-state index contributed by atoms with van der Waals surface area (Å²) in [6.07, 6.45) is 2.66. The summed E-state index contributed by atoms with van der Waals surface area (Å²) in [5.74, 6) is -0.676. The van der Waals surface area contributed by atoms with Gasteiger partial charge in [0.2, 0.25) is 0 Å². The molecule has 1 aromatic rings. The highest BCUT2D eigenvalue weighted by Gasteiger charge is 2.24. The molecule has 1 heterocycles. The quantitative estimate of drug-likeness (QED) is 0.654. The molecule has 1 saturated heterocycles. The first-order valence-corrected chi connectivity index (χ1v) is 7.10. The van der Waals surface area contributed by atoms with Crippen LogP contribution >= 0.6 is 0 Å². The van der Waals surface area contributed by atoms with Crippen LogP contribution in [0.25, 0.3) is 0 Å². The molecular weight excluding hydrogens is 275 g/mol. The lowest BCUT2D eigenvalue weighted by Crippen LogP contribution is -2.36. The molecule has 0 amide bonds. The Morgan fingerprint density at radius 3 is 3.00 bits per heavy atom. The molecule has 5 nitrogen and oxygen atoms in total. The van der Waals surface area contributed by atoms with Crippen LogP contribution in [-0.2, 0) is 4.74 Å². The van der Waals surface area contributed by atoms with E-state index < -0.39 is 11.8 Å². The van der Waals surface area contributed by atoms with Crippen molar-refractivity contribution in [2.45, 2.75) is 19.3 Å². The molecule has 3 N–H and O–H groups in total. The fourth-order valence-electron chi connectivity index (χ4n) is 2.81. The minimum absolute atomic E-state index is 0.0759. The number of aliphatic hydroxyl groups is 1. The largest absolute Gasteiger partial charge is 0.465 e. The number of rotatable bonds is 4. The third-order valence-corrected chi connectivity index (χ3v) is 3.92. The number of methoxy groups -OCH3 is 1. The minimum Gasteiger partial charge on any atom is -0.465 e. The number of nitrogen functional groups attached to an aromatic ring is 1. The van der Waals surface area contributed by atoms with Crippen molar-refractivity contribution < 1.29 is 19.0 Å². The van der Waals surface area contributed by atoms with Gasteiger partial charge in [0, 0.05) is 25.4 Å². The number of hydrogen-bond donors (Lipinski definition) is 2. The summed E-state index contributed by atoms with van der Waals surface area (Å²) in [5.41, 5.74) is 6.30. The molecule has 2 rings (SSSR count). The van der Waals surface area contributed by atoms with Crippen molar-refractivity contribution in [3.63, 3.8) is 0 Å². The van der Waals surface area contributed by atoms with Gasteiger partial charge in [-0.25, -0.2) is 9.18 Å². The summed E-state index contributed by atoms with van der Waals surface area (Å²) >= 11 is 0. The second-order valence-electron chi connectivity index (χ2n) is 5.35. The maximum Gasteiger partial charge on any atom is 0.340 e. The van der Waals surface area contributed by atoms with Gasteiger partial charge in [0.1, 0.15) is 5.82 Å². The van der Waals surface area contributed by atoms with Crippen LogP contribution in [0.15, 0.2) is 12.1 Å². The number of piperidine rings is 1. The Bertz CT molecular complexity index is 520. The zero-order valence-electron chi connectivity index (χ0n) is 12.1. The van der Waals surface area contributed by atoms with E-state index in [1.54, 1.807) is 0 Å². The van der Waals surface area contributed by atoms with Gasteiger partial charge in [-0.15, -0.1) is 0 Å². The lowest BCUT2D eigenvalue weighted by Gasteiger charge is -2.34. The van der Waals surface area contributed by atoms with E-state index in [0.717, 1.165) is 25.5 Å². The smallest absolute Gasteiger partial charge is 0.340 e. The first kappa shape index (κ1) is 15.6. The van der Waals surface area contributed by atoms with Crippen molar-refractivity contribution in [2.24, 2.45) is 5.92 Å². The highest BCUT2D eigenvalue weighted by atomic mass is 19.1. The fourth-order valence-corrected chi connectivity index (χ4v) is 2.81. The molecule has 21 heavy (non-hydrogen) atoms. The Hall–Kier alpha value is -1.82. The van der Waals surface area contributed by atoms with E-state index in [1.807, 2.05) is 4.90 Å². The van der Waals surface area contributed by atoms with E-state index in [2.05, 4.69) is 4.74 Å². The molecule has 1 aliphatic rings. The zero-order chi connectivity index (χ0) is 15.4. The Labute approximate surface area is 123 Å². The molecule has 0 aromatic heterocycles. The van der Waals surface area contributed by atoms with Crippen LogP contribution in [0.4, 0.5) is 15.8 Å². The van der Waals surface area contributed by atoms with E-state index in [0.29, 0.717) is 24.6 Å². The number of nitrogens with zero attached hydrogens (tertiary/aromatic N) is 1. The van der Waals surface area contributed by atoms with Crippen LogP contribution in [0, 0.1) is 11.7 Å². The van der Waals surface area contributed by atoms with Gasteiger partial charge >= 0.3 is 5.97 Å². The summed E-state index contributed by atoms with van der Waals surface area (Å²) in [4.78, 5) is 13.6. The van der Waals surface area contributed by atoms with E-state index in [9.17, 15) is 9.18 Å². The first-order chi connectivity index (χ1) is 10.1. The number of ether oxygens (including phenoxy) is 1. The molecule has 6 heteroatoms. The molecule has 1 aromatic carbocycles. The Balaban J connectivity index is 2.28. The van der Waals surface area contributed by atoms with Gasteiger partial charge in [0.05, 0.1) is 18.4 Å². The van der Waals surface area contributed by atoms with Crippen molar-refractivity contribution in [1.82, 2.24) is 0 Å². The molecule has 1 atom stereocenters. The number of anilines is 2. The molecule has 1 fully saturated rings. The van der Waals surface area contributed by atoms with Gasteiger partial charge in [-0.05, 0) is 37.3 Å². The number of halogens is 1. The van der Waals surface area contributed by atoms with Gasteiger partial charge in [-0.3, -0.25) is 0 Å². The number of esters is 1. The number of benzene rings is 1. The van der Waals surface area contributed by atoms with Crippen LogP contribution in [0.3, 0.4) is 0 Å². The molecule has 1 aliphatic heterocycles. The Kier molecular flexibility index (Phi) is 5.01.